The average Bonchev–Trinajstić information content (AvgIpc) is 3.09. The molecular weight excluding hydrogens is 426 g/mol. The number of nitrogens with one attached hydrogen (secondary N) is 1. The molecule has 6 nitrogen and oxygen atoms in total. The van der Waals surface area contributed by atoms with E-state index < -0.39 is 0 Å². The molecule has 0 aromatic heterocycles. The van der Waals surface area contributed by atoms with Gasteiger partial charge >= 0.3 is 0 Å². The second kappa shape index (κ2) is 8.63. The Kier molecular flexibility index (Phi) is 5.49. The quantitative estimate of drug-likeness (QED) is 0.585. The number of imide groups is 1. The molecule has 0 spiro atoms. The van der Waals surface area contributed by atoms with Crippen LogP contribution in [-0.4, -0.2) is 24.3 Å². The van der Waals surface area contributed by atoms with Crippen LogP contribution in [0, 0.1) is 6.92 Å². The molecule has 2 aliphatic heterocycles. The van der Waals surface area contributed by atoms with Crippen molar-refractivity contribution in [1.82, 2.24) is 0 Å². The minimum Gasteiger partial charge on any atom is -0.336 e. The summed E-state index contributed by atoms with van der Waals surface area (Å²) >= 11 is 0. The highest BCUT2D eigenvalue weighted by Crippen LogP contribution is 2.39. The Balaban J connectivity index is 1.65. The number of benzene rings is 3. The largest absolute Gasteiger partial charge is 0.336 e. The van der Waals surface area contributed by atoms with Crippen LogP contribution in [0.25, 0.3) is 5.57 Å². The lowest BCUT2D eigenvalue weighted by Gasteiger charge is -2.32. The Morgan fingerprint density at radius 2 is 1.59 bits per heavy atom. The van der Waals surface area contributed by atoms with Gasteiger partial charge in [-0.2, -0.15) is 0 Å². The van der Waals surface area contributed by atoms with E-state index in [0.717, 1.165) is 29.7 Å². The predicted molar refractivity (Wildman–Crippen MR) is 133 cm³/mol. The number of aryl methyl sites for hydroxylation is 2. The first-order chi connectivity index (χ1) is 16.4. The Morgan fingerprint density at radius 1 is 0.882 bits per heavy atom. The summed E-state index contributed by atoms with van der Waals surface area (Å²) in [6, 6.07) is 22.5. The highest BCUT2D eigenvalue weighted by atomic mass is 16.2. The molecule has 2 heterocycles. The molecule has 6 heteroatoms. The summed E-state index contributed by atoms with van der Waals surface area (Å²) in [5.74, 6) is -0.846. The van der Waals surface area contributed by atoms with Crippen LogP contribution >= 0.6 is 0 Å². The zero-order chi connectivity index (χ0) is 23.8. The lowest BCUT2D eigenvalue weighted by atomic mass is 9.98. The molecule has 3 aromatic carbocycles. The van der Waals surface area contributed by atoms with Crippen molar-refractivity contribution in [2.75, 3.05) is 21.7 Å². The summed E-state index contributed by atoms with van der Waals surface area (Å²) < 4.78 is 0. The third-order valence-corrected chi connectivity index (χ3v) is 6.23. The topological polar surface area (TPSA) is 69.7 Å². The van der Waals surface area contributed by atoms with Crippen LogP contribution in [0.5, 0.6) is 0 Å². The first-order valence-corrected chi connectivity index (χ1v) is 11.4. The predicted octanol–water partition coefficient (Wildman–Crippen LogP) is 4.69. The molecule has 34 heavy (non-hydrogen) atoms. The van der Waals surface area contributed by atoms with Crippen molar-refractivity contribution in [3.05, 3.63) is 95.2 Å². The fourth-order valence-corrected chi connectivity index (χ4v) is 4.65. The number of anilines is 3. The molecule has 0 saturated heterocycles. The van der Waals surface area contributed by atoms with Crippen molar-refractivity contribution in [2.45, 2.75) is 26.7 Å². The summed E-state index contributed by atoms with van der Waals surface area (Å²) in [5, 5.41) is 2.74. The lowest BCUT2D eigenvalue weighted by Crippen LogP contribution is -2.37. The van der Waals surface area contributed by atoms with E-state index in [0.29, 0.717) is 34.8 Å². The summed E-state index contributed by atoms with van der Waals surface area (Å²) in [6.07, 6.45) is 1.83. The second-order valence-electron chi connectivity index (χ2n) is 8.65. The minimum absolute atomic E-state index is 0.171. The van der Waals surface area contributed by atoms with Gasteiger partial charge in [0.15, 0.2) is 0 Å². The number of rotatable bonds is 4. The number of carbonyl (C=O) groups excluding carboxylic acids is 3. The fourth-order valence-electron chi connectivity index (χ4n) is 4.65. The van der Waals surface area contributed by atoms with Gasteiger partial charge in [0.1, 0.15) is 5.70 Å². The molecule has 3 aromatic rings. The van der Waals surface area contributed by atoms with Crippen LogP contribution in [0.2, 0.25) is 0 Å². The van der Waals surface area contributed by atoms with Gasteiger partial charge in [-0.25, -0.2) is 4.90 Å². The molecule has 0 radical (unpaired) electrons. The van der Waals surface area contributed by atoms with E-state index >= 15 is 0 Å². The van der Waals surface area contributed by atoms with E-state index in [1.807, 2.05) is 42.2 Å². The molecule has 0 saturated carbocycles. The first kappa shape index (κ1) is 21.6. The molecule has 0 aliphatic carbocycles. The number of hydrogen-bond donors (Lipinski definition) is 1. The van der Waals surface area contributed by atoms with Crippen LogP contribution in [0.4, 0.5) is 17.1 Å². The Morgan fingerprint density at radius 3 is 2.29 bits per heavy atom. The van der Waals surface area contributed by atoms with Gasteiger partial charge in [-0.15, -0.1) is 0 Å². The molecule has 0 unspecified atom stereocenters. The van der Waals surface area contributed by atoms with E-state index in [1.165, 1.54) is 11.8 Å². The van der Waals surface area contributed by atoms with E-state index in [2.05, 4.69) is 11.4 Å². The van der Waals surface area contributed by atoms with Crippen LogP contribution < -0.4 is 15.1 Å². The minimum atomic E-state index is -0.348. The Hall–Kier alpha value is -4.19. The number of fused-ring (bicyclic) bond motifs is 1. The molecule has 3 amide bonds. The second-order valence-corrected chi connectivity index (χ2v) is 8.65. The van der Waals surface area contributed by atoms with Crippen LogP contribution in [-0.2, 0) is 20.8 Å². The van der Waals surface area contributed by atoms with E-state index in [-0.39, 0.29) is 17.7 Å². The van der Waals surface area contributed by atoms with Gasteiger partial charge in [-0.05, 0) is 61.2 Å². The van der Waals surface area contributed by atoms with Crippen molar-refractivity contribution in [3.63, 3.8) is 0 Å². The van der Waals surface area contributed by atoms with Gasteiger partial charge in [-0.3, -0.25) is 14.4 Å². The number of hydrogen-bond acceptors (Lipinski definition) is 4. The van der Waals surface area contributed by atoms with E-state index in [4.69, 9.17) is 0 Å². The maximum absolute atomic E-state index is 13.9. The van der Waals surface area contributed by atoms with Crippen LogP contribution in [0.1, 0.15) is 30.0 Å². The van der Waals surface area contributed by atoms with Crippen molar-refractivity contribution in [3.8, 4) is 0 Å². The molecular formula is C28H25N3O3. The summed E-state index contributed by atoms with van der Waals surface area (Å²) in [6.45, 7) is 4.06. The first-order valence-electron chi connectivity index (χ1n) is 11.4. The van der Waals surface area contributed by atoms with Gasteiger partial charge in [0.25, 0.3) is 11.8 Å². The SMILES string of the molecule is CC(=O)Nc1ccc(C2=C(N3CCCc4ccccc43)C(=O)N(c3ccc(C)cc3)C2=O)cc1. The zero-order valence-corrected chi connectivity index (χ0v) is 19.2. The van der Waals surface area contributed by atoms with Gasteiger partial charge in [-0.1, -0.05) is 48.0 Å². The molecule has 5 rings (SSSR count). The maximum Gasteiger partial charge on any atom is 0.282 e. The standard InChI is InChI=1S/C28H25N3O3/c1-18-9-15-23(16-10-18)31-27(33)25(21-11-13-22(14-12-21)29-19(2)32)26(28(31)34)30-17-5-7-20-6-3-4-8-24(20)30/h3-4,6,8-16H,5,7,17H2,1-2H3,(H,29,32). The van der Waals surface area contributed by atoms with Crippen molar-refractivity contribution in [1.29, 1.82) is 0 Å². The Bertz CT molecular complexity index is 1320. The number of carbonyl (C=O) groups is 3. The summed E-state index contributed by atoms with van der Waals surface area (Å²) in [4.78, 5) is 42.3. The fraction of sp³-hybridized carbons (Fsp3) is 0.179. The highest BCUT2D eigenvalue weighted by Gasteiger charge is 2.43. The molecule has 0 fully saturated rings. The average molecular weight is 452 g/mol. The molecule has 0 bridgehead atoms. The van der Waals surface area contributed by atoms with Gasteiger partial charge in [0, 0.05) is 24.8 Å². The van der Waals surface area contributed by atoms with Gasteiger partial charge in [0.05, 0.1) is 11.3 Å². The van der Waals surface area contributed by atoms with Crippen LogP contribution in [0.3, 0.4) is 0 Å². The van der Waals surface area contributed by atoms with Gasteiger partial charge < -0.3 is 10.2 Å². The maximum atomic E-state index is 13.9. The monoisotopic (exact) mass is 451 g/mol. The molecule has 170 valence electrons. The van der Waals surface area contributed by atoms with Crippen LogP contribution in [0.15, 0.2) is 78.5 Å². The third kappa shape index (κ3) is 3.77. The lowest BCUT2D eigenvalue weighted by molar-refractivity contribution is -0.120. The molecule has 0 atom stereocenters. The number of para-hydroxylation sites is 1. The van der Waals surface area contributed by atoms with E-state index in [9.17, 15) is 14.4 Å². The van der Waals surface area contributed by atoms with Gasteiger partial charge in [0.2, 0.25) is 5.91 Å². The van der Waals surface area contributed by atoms with Crippen molar-refractivity contribution in [2.24, 2.45) is 0 Å². The normalized spacial score (nSPS) is 15.6. The van der Waals surface area contributed by atoms with E-state index in [1.54, 1.807) is 36.4 Å². The summed E-state index contributed by atoms with van der Waals surface area (Å²) in [5.41, 5.74) is 5.76. The third-order valence-electron chi connectivity index (χ3n) is 6.23. The zero-order valence-electron chi connectivity index (χ0n) is 19.2. The van der Waals surface area contributed by atoms with Crippen molar-refractivity contribution < 1.29 is 14.4 Å². The van der Waals surface area contributed by atoms with Crippen molar-refractivity contribution >= 4 is 40.4 Å². The molecule has 1 N–H and O–H groups in total. The Labute approximate surface area is 198 Å². The highest BCUT2D eigenvalue weighted by molar-refractivity contribution is 6.46. The molecule has 2 aliphatic rings. The smallest absolute Gasteiger partial charge is 0.282 e. The number of nitrogens with zero attached hydrogens (tertiary/aromatic N) is 2. The summed E-state index contributed by atoms with van der Waals surface area (Å²) in [7, 11) is 0. The number of amides is 3.